The van der Waals surface area contributed by atoms with Crippen molar-refractivity contribution in [1.82, 2.24) is 10.2 Å². The summed E-state index contributed by atoms with van der Waals surface area (Å²) in [4.78, 5) is 2.61. The lowest BCUT2D eigenvalue weighted by atomic mass is 10.2. The number of ether oxygens (including phenoxy) is 2. The summed E-state index contributed by atoms with van der Waals surface area (Å²) in [5.74, 6) is 1.46. The van der Waals surface area contributed by atoms with E-state index in [0.717, 1.165) is 41.8 Å². The lowest BCUT2D eigenvalue weighted by molar-refractivity contribution is 0.261. The quantitative estimate of drug-likeness (QED) is 0.212. The van der Waals surface area contributed by atoms with Crippen LogP contribution in [-0.2, 0) is 13.2 Å². The summed E-state index contributed by atoms with van der Waals surface area (Å²) in [5.41, 5.74) is 2.12. The van der Waals surface area contributed by atoms with E-state index in [2.05, 4.69) is 52.1 Å². The molecule has 2 rings (SSSR count). The maximum absolute atomic E-state index is 6.27. The molecule has 0 saturated carbocycles. The van der Waals surface area contributed by atoms with E-state index in [9.17, 15) is 0 Å². The molecule has 0 bridgehead atoms. The molecule has 6 heteroatoms. The summed E-state index contributed by atoms with van der Waals surface area (Å²) in [6.07, 6.45) is 6.25. The molecule has 4 nitrogen and oxygen atoms in total. The Labute approximate surface area is 214 Å². The fourth-order valence-corrected chi connectivity index (χ4v) is 4.45. The molecule has 0 aromatic heterocycles. The Hall–Kier alpha value is -1.27. The third-order valence-corrected chi connectivity index (χ3v) is 6.47. The van der Waals surface area contributed by atoms with Gasteiger partial charge < -0.3 is 19.7 Å². The first-order valence-corrected chi connectivity index (χ1v) is 13.5. The largest absolute Gasteiger partial charge is 0.490 e. The number of nitrogens with zero attached hydrogens (tertiary/aromatic N) is 1. The van der Waals surface area contributed by atoms with Gasteiger partial charge in [0.15, 0.2) is 11.5 Å². The number of nitrogens with one attached hydrogen (secondary N) is 1. The second-order valence-electron chi connectivity index (χ2n) is 8.30. The van der Waals surface area contributed by atoms with Crippen molar-refractivity contribution < 1.29 is 9.47 Å². The highest BCUT2D eigenvalue weighted by Crippen LogP contribution is 2.37. The lowest BCUT2D eigenvalue weighted by Crippen LogP contribution is -2.29. The Morgan fingerprint density at radius 2 is 1.64 bits per heavy atom. The van der Waals surface area contributed by atoms with Crippen LogP contribution < -0.4 is 14.8 Å². The molecule has 0 aliphatic heterocycles. The van der Waals surface area contributed by atoms with Crippen LogP contribution >= 0.6 is 27.5 Å². The van der Waals surface area contributed by atoms with Gasteiger partial charge in [-0.05, 0) is 92.1 Å². The Bertz CT molecular complexity index is 811. The summed E-state index contributed by atoms with van der Waals surface area (Å²) >= 11 is 9.95. The summed E-state index contributed by atoms with van der Waals surface area (Å²) in [6, 6.07) is 11.9. The van der Waals surface area contributed by atoms with Gasteiger partial charge in [-0.15, -0.1) is 0 Å². The fraction of sp³-hybridized carbons (Fsp3) is 0.556. The van der Waals surface area contributed by atoms with E-state index < -0.39 is 0 Å². The average molecular weight is 540 g/mol. The molecule has 0 aliphatic rings. The van der Waals surface area contributed by atoms with Crippen LogP contribution in [0.1, 0.15) is 64.0 Å². The van der Waals surface area contributed by atoms with Crippen LogP contribution in [0.4, 0.5) is 0 Å². The zero-order valence-corrected chi connectivity index (χ0v) is 22.8. The molecular weight excluding hydrogens is 500 g/mol. The monoisotopic (exact) mass is 538 g/mol. The second kappa shape index (κ2) is 16.4. The maximum Gasteiger partial charge on any atom is 0.175 e. The average Bonchev–Trinajstić information content (AvgIpc) is 2.80. The van der Waals surface area contributed by atoms with Gasteiger partial charge in [0.05, 0.1) is 11.1 Å². The summed E-state index contributed by atoms with van der Waals surface area (Å²) in [7, 11) is 0. The molecular formula is C27H40BrClN2O2. The highest BCUT2D eigenvalue weighted by molar-refractivity contribution is 9.10. The van der Waals surface area contributed by atoms with Crippen LogP contribution in [0, 0.1) is 0 Å². The van der Waals surface area contributed by atoms with Gasteiger partial charge in [0, 0.05) is 17.1 Å². The summed E-state index contributed by atoms with van der Waals surface area (Å²) in [5, 5.41) is 4.29. The molecule has 0 aliphatic carbocycles. The maximum atomic E-state index is 6.27. The van der Waals surface area contributed by atoms with Crippen LogP contribution in [-0.4, -0.2) is 37.7 Å². The van der Waals surface area contributed by atoms with E-state index in [4.69, 9.17) is 21.1 Å². The topological polar surface area (TPSA) is 33.7 Å². The Kier molecular flexibility index (Phi) is 13.9. The van der Waals surface area contributed by atoms with Gasteiger partial charge in [-0.2, -0.15) is 0 Å². The summed E-state index contributed by atoms with van der Waals surface area (Å²) in [6.45, 7) is 12.9. The molecule has 0 fully saturated rings. The van der Waals surface area contributed by atoms with Crippen LogP contribution in [0.5, 0.6) is 11.5 Å². The van der Waals surface area contributed by atoms with Crippen LogP contribution in [0.3, 0.4) is 0 Å². The normalized spacial score (nSPS) is 11.2. The Morgan fingerprint density at radius 1 is 0.939 bits per heavy atom. The zero-order chi connectivity index (χ0) is 23.9. The van der Waals surface area contributed by atoms with Crippen molar-refractivity contribution in [3.05, 3.63) is 57.0 Å². The van der Waals surface area contributed by atoms with E-state index in [1.54, 1.807) is 0 Å². The smallest absolute Gasteiger partial charge is 0.175 e. The van der Waals surface area contributed by atoms with Gasteiger partial charge in [-0.3, -0.25) is 0 Å². The number of unbranched alkanes of at least 4 members (excludes halogenated alkanes) is 2. The molecule has 33 heavy (non-hydrogen) atoms. The lowest BCUT2D eigenvalue weighted by Gasteiger charge is -2.22. The standard InChI is InChI=1S/C27H40BrClN2O2/c1-4-7-15-31(16-8-5-2)17-11-14-30-20-22-18-24(28)27(26(19-22)32-6-3)33-21-23-12-9-10-13-25(23)29/h9-10,12-13,18-19,30H,4-8,11,14-17,20-21H2,1-3H3. The van der Waals surface area contributed by atoms with Crippen LogP contribution in [0.15, 0.2) is 40.9 Å². The predicted octanol–water partition coefficient (Wildman–Crippen LogP) is 7.46. The molecule has 2 aromatic rings. The molecule has 0 radical (unpaired) electrons. The van der Waals surface area contributed by atoms with Crippen LogP contribution in [0.2, 0.25) is 5.02 Å². The van der Waals surface area contributed by atoms with Crippen molar-refractivity contribution in [2.24, 2.45) is 0 Å². The minimum atomic E-state index is 0.391. The first-order chi connectivity index (χ1) is 16.1. The van der Waals surface area contributed by atoms with Gasteiger partial charge in [0.25, 0.3) is 0 Å². The van der Waals surface area contributed by atoms with E-state index >= 15 is 0 Å². The number of hydrogen-bond acceptors (Lipinski definition) is 4. The molecule has 184 valence electrons. The van der Waals surface area contributed by atoms with Gasteiger partial charge in [0.1, 0.15) is 6.61 Å². The molecule has 0 spiro atoms. The van der Waals surface area contributed by atoms with E-state index in [1.807, 2.05) is 31.2 Å². The third-order valence-electron chi connectivity index (χ3n) is 5.51. The molecule has 0 amide bonds. The molecule has 0 saturated heterocycles. The highest BCUT2D eigenvalue weighted by Gasteiger charge is 2.13. The minimum absolute atomic E-state index is 0.391. The molecule has 1 N–H and O–H groups in total. The predicted molar refractivity (Wildman–Crippen MR) is 144 cm³/mol. The molecule has 0 atom stereocenters. The SMILES string of the molecule is CCCCN(CCCC)CCCNCc1cc(Br)c(OCc2ccccc2Cl)c(OCC)c1. The Balaban J connectivity index is 1.89. The number of halogens is 2. The molecule has 0 unspecified atom stereocenters. The van der Waals surface area contributed by atoms with Crippen LogP contribution in [0.25, 0.3) is 0 Å². The molecule has 2 aromatic carbocycles. The molecule has 0 heterocycles. The Morgan fingerprint density at radius 3 is 2.30 bits per heavy atom. The van der Waals surface area contributed by atoms with Crippen molar-refractivity contribution in [3.63, 3.8) is 0 Å². The van der Waals surface area contributed by atoms with Crippen molar-refractivity contribution in [2.45, 2.75) is 66.0 Å². The highest BCUT2D eigenvalue weighted by atomic mass is 79.9. The van der Waals surface area contributed by atoms with Crippen molar-refractivity contribution >= 4 is 27.5 Å². The first-order valence-electron chi connectivity index (χ1n) is 12.3. The van der Waals surface area contributed by atoms with Gasteiger partial charge >= 0.3 is 0 Å². The van der Waals surface area contributed by atoms with E-state index in [0.29, 0.717) is 24.0 Å². The minimum Gasteiger partial charge on any atom is -0.490 e. The van der Waals surface area contributed by atoms with E-state index in [-0.39, 0.29) is 0 Å². The van der Waals surface area contributed by atoms with Crippen molar-refractivity contribution in [3.8, 4) is 11.5 Å². The fourth-order valence-electron chi connectivity index (χ4n) is 3.65. The number of benzene rings is 2. The summed E-state index contributed by atoms with van der Waals surface area (Å²) < 4.78 is 12.9. The van der Waals surface area contributed by atoms with Gasteiger partial charge in [-0.25, -0.2) is 0 Å². The van der Waals surface area contributed by atoms with E-state index in [1.165, 1.54) is 44.3 Å². The van der Waals surface area contributed by atoms with Crippen molar-refractivity contribution in [2.75, 3.05) is 32.8 Å². The van der Waals surface area contributed by atoms with Gasteiger partial charge in [-0.1, -0.05) is 56.5 Å². The van der Waals surface area contributed by atoms with Crippen molar-refractivity contribution in [1.29, 1.82) is 0 Å². The zero-order valence-electron chi connectivity index (χ0n) is 20.5. The number of hydrogen-bond donors (Lipinski definition) is 1. The number of rotatable bonds is 17. The van der Waals surface area contributed by atoms with Gasteiger partial charge in [0.2, 0.25) is 0 Å². The third kappa shape index (κ3) is 10.3. The first kappa shape index (κ1) is 28.0. The second-order valence-corrected chi connectivity index (χ2v) is 9.56.